The number of hydrogen-bond acceptors (Lipinski definition) is 6. The van der Waals surface area contributed by atoms with Gasteiger partial charge in [-0.05, 0) is 35.0 Å². The van der Waals surface area contributed by atoms with Crippen LogP contribution in [0.3, 0.4) is 0 Å². The van der Waals surface area contributed by atoms with E-state index in [0.29, 0.717) is 10.6 Å². The summed E-state index contributed by atoms with van der Waals surface area (Å²) in [5.74, 6) is -0.771. The minimum absolute atomic E-state index is 0.126. The van der Waals surface area contributed by atoms with Crippen molar-refractivity contribution in [3.8, 4) is 0 Å². The number of amides is 1. The van der Waals surface area contributed by atoms with Crippen molar-refractivity contribution in [1.29, 1.82) is 0 Å². The Morgan fingerprint density at radius 2 is 1.96 bits per heavy atom. The number of ketones is 1. The van der Waals surface area contributed by atoms with Crippen LogP contribution in [0.1, 0.15) is 26.4 Å². The van der Waals surface area contributed by atoms with Crippen LogP contribution < -0.4 is 0 Å². The van der Waals surface area contributed by atoms with E-state index in [-0.39, 0.29) is 17.9 Å². The summed E-state index contributed by atoms with van der Waals surface area (Å²) in [7, 11) is 0. The molecular formula is C18H13NO4S2. The highest BCUT2D eigenvalue weighted by atomic mass is 32.1. The minimum atomic E-state index is -0.618. The summed E-state index contributed by atoms with van der Waals surface area (Å²) >= 11 is 2.73. The van der Waals surface area contributed by atoms with Crippen LogP contribution in [0.4, 0.5) is 0 Å². The molecule has 0 unspecified atom stereocenters. The molecule has 1 atom stereocenters. The van der Waals surface area contributed by atoms with Gasteiger partial charge in [-0.25, -0.2) is 0 Å². The van der Waals surface area contributed by atoms with E-state index < -0.39 is 17.7 Å². The molecule has 4 rings (SSSR count). The molecule has 1 N–H and O–H groups in total. The summed E-state index contributed by atoms with van der Waals surface area (Å²) in [4.78, 5) is 28.4. The zero-order chi connectivity index (χ0) is 17.4. The smallest absolute Gasteiger partial charge is 0.290 e. The lowest BCUT2D eigenvalue weighted by atomic mass is 10.0. The van der Waals surface area contributed by atoms with Crippen molar-refractivity contribution < 1.29 is 19.1 Å². The van der Waals surface area contributed by atoms with Crippen molar-refractivity contribution in [2.24, 2.45) is 0 Å². The number of Topliss-reactive ketones (excluding diaryl/α,β-unsaturated/α-hetero) is 1. The highest BCUT2D eigenvalue weighted by Gasteiger charge is 2.44. The van der Waals surface area contributed by atoms with Crippen molar-refractivity contribution >= 4 is 34.4 Å². The molecule has 4 heterocycles. The lowest BCUT2D eigenvalue weighted by Gasteiger charge is -2.24. The first-order chi connectivity index (χ1) is 12.2. The molecule has 0 fully saturated rings. The molecule has 0 aliphatic carbocycles. The largest absolute Gasteiger partial charge is 0.503 e. The van der Waals surface area contributed by atoms with Crippen molar-refractivity contribution in [2.45, 2.75) is 12.6 Å². The zero-order valence-corrected chi connectivity index (χ0v) is 14.5. The third kappa shape index (κ3) is 2.71. The third-order valence-electron chi connectivity index (χ3n) is 4.01. The molecule has 1 aliphatic heterocycles. The Labute approximate surface area is 151 Å². The van der Waals surface area contributed by atoms with Crippen LogP contribution in [0.15, 0.2) is 69.2 Å². The molecule has 1 aliphatic rings. The van der Waals surface area contributed by atoms with Gasteiger partial charge >= 0.3 is 0 Å². The average Bonchev–Trinajstić information content (AvgIpc) is 3.39. The number of carbonyl (C=O) groups excluding carboxylic acids is 2. The van der Waals surface area contributed by atoms with Crippen molar-refractivity contribution in [3.05, 3.63) is 80.3 Å². The van der Waals surface area contributed by atoms with Gasteiger partial charge in [-0.1, -0.05) is 12.1 Å². The van der Waals surface area contributed by atoms with Crippen LogP contribution in [0.2, 0.25) is 0 Å². The Morgan fingerprint density at radius 3 is 2.60 bits per heavy atom. The number of hydrogen-bond donors (Lipinski definition) is 1. The first-order valence-corrected chi connectivity index (χ1v) is 9.31. The van der Waals surface area contributed by atoms with Crippen LogP contribution in [0.25, 0.3) is 0 Å². The molecule has 0 saturated heterocycles. The highest BCUT2D eigenvalue weighted by Crippen LogP contribution is 2.41. The van der Waals surface area contributed by atoms with E-state index in [9.17, 15) is 14.7 Å². The first kappa shape index (κ1) is 15.9. The molecule has 0 spiro atoms. The summed E-state index contributed by atoms with van der Waals surface area (Å²) in [6.07, 6.45) is 1.53. The maximum absolute atomic E-state index is 12.9. The number of carbonyl (C=O) groups is 2. The molecule has 0 radical (unpaired) electrons. The van der Waals surface area contributed by atoms with E-state index in [1.54, 1.807) is 29.6 Å². The molecule has 5 nitrogen and oxygen atoms in total. The van der Waals surface area contributed by atoms with Gasteiger partial charge in [0, 0.05) is 4.88 Å². The van der Waals surface area contributed by atoms with Gasteiger partial charge in [0.2, 0.25) is 5.78 Å². The van der Waals surface area contributed by atoms with E-state index in [2.05, 4.69) is 0 Å². The molecule has 0 aromatic carbocycles. The Bertz CT molecular complexity index is 924. The monoisotopic (exact) mass is 371 g/mol. The number of aliphatic hydroxyl groups excluding tert-OH is 1. The fourth-order valence-electron chi connectivity index (χ4n) is 2.90. The standard InChI is InChI=1S/C18H13NO4S2/c20-16(13-6-3-9-25-13)14-15(12-5-2-8-24-12)19(18(22)17(14)21)10-11-4-1-7-23-11/h1-9,15,21H,10H2/t15-/m0/s1. The minimum Gasteiger partial charge on any atom is -0.503 e. The second-order valence-corrected chi connectivity index (χ2v) is 7.43. The lowest BCUT2D eigenvalue weighted by molar-refractivity contribution is -0.130. The lowest BCUT2D eigenvalue weighted by Crippen LogP contribution is -2.30. The first-order valence-electron chi connectivity index (χ1n) is 7.55. The number of rotatable bonds is 5. The summed E-state index contributed by atoms with van der Waals surface area (Å²) in [6, 6.07) is 10.1. The van der Waals surface area contributed by atoms with Crippen molar-refractivity contribution in [3.63, 3.8) is 0 Å². The molecule has 1 amide bonds. The van der Waals surface area contributed by atoms with Gasteiger partial charge < -0.3 is 14.4 Å². The predicted molar refractivity (Wildman–Crippen MR) is 94.6 cm³/mol. The van der Waals surface area contributed by atoms with Gasteiger partial charge in [-0.15, -0.1) is 22.7 Å². The molecule has 25 heavy (non-hydrogen) atoms. The summed E-state index contributed by atoms with van der Waals surface area (Å²) < 4.78 is 5.34. The third-order valence-corrected chi connectivity index (χ3v) is 5.81. The second kappa shape index (κ2) is 6.34. The molecular weight excluding hydrogens is 358 g/mol. The zero-order valence-electron chi connectivity index (χ0n) is 12.9. The summed E-state index contributed by atoms with van der Waals surface area (Å²) in [6.45, 7) is 0.180. The van der Waals surface area contributed by atoms with E-state index in [0.717, 1.165) is 4.88 Å². The quantitative estimate of drug-likeness (QED) is 0.683. The Kier molecular flexibility index (Phi) is 4.03. The van der Waals surface area contributed by atoms with Gasteiger partial charge in [0.05, 0.1) is 23.3 Å². The van der Waals surface area contributed by atoms with Crippen molar-refractivity contribution in [2.75, 3.05) is 0 Å². The average molecular weight is 371 g/mol. The molecule has 126 valence electrons. The van der Waals surface area contributed by atoms with Crippen molar-refractivity contribution in [1.82, 2.24) is 4.90 Å². The normalized spacial score (nSPS) is 17.5. The van der Waals surface area contributed by atoms with Crippen LogP contribution in [-0.2, 0) is 11.3 Å². The van der Waals surface area contributed by atoms with Gasteiger partial charge in [-0.3, -0.25) is 9.59 Å². The number of furan rings is 1. The van der Waals surface area contributed by atoms with Crippen LogP contribution in [0.5, 0.6) is 0 Å². The van der Waals surface area contributed by atoms with E-state index in [1.807, 2.05) is 17.5 Å². The molecule has 0 saturated carbocycles. The molecule has 7 heteroatoms. The fourth-order valence-corrected chi connectivity index (χ4v) is 4.43. The maximum atomic E-state index is 12.9. The molecule has 3 aromatic heterocycles. The maximum Gasteiger partial charge on any atom is 0.290 e. The highest BCUT2D eigenvalue weighted by molar-refractivity contribution is 7.12. The summed E-state index contributed by atoms with van der Waals surface area (Å²) in [5.41, 5.74) is 0.126. The van der Waals surface area contributed by atoms with E-state index >= 15 is 0 Å². The van der Waals surface area contributed by atoms with Gasteiger partial charge in [0.15, 0.2) is 5.76 Å². The van der Waals surface area contributed by atoms with Gasteiger partial charge in [0.1, 0.15) is 11.8 Å². The van der Waals surface area contributed by atoms with Crippen LogP contribution in [-0.4, -0.2) is 21.7 Å². The van der Waals surface area contributed by atoms with Crippen LogP contribution >= 0.6 is 22.7 Å². The predicted octanol–water partition coefficient (Wildman–Crippen LogP) is 4.18. The summed E-state index contributed by atoms with van der Waals surface area (Å²) in [5, 5.41) is 14.1. The molecule has 0 bridgehead atoms. The SMILES string of the molecule is O=C(C1=C(O)C(=O)N(Cc2ccco2)[C@H]1c1cccs1)c1cccs1. The second-order valence-electron chi connectivity index (χ2n) is 5.50. The van der Waals surface area contributed by atoms with Crippen LogP contribution in [0, 0.1) is 0 Å². The number of nitrogens with zero attached hydrogens (tertiary/aromatic N) is 1. The Balaban J connectivity index is 1.78. The topological polar surface area (TPSA) is 70.8 Å². The fraction of sp³-hybridized carbons (Fsp3) is 0.111. The number of aliphatic hydroxyl groups is 1. The Morgan fingerprint density at radius 1 is 1.16 bits per heavy atom. The molecule has 3 aromatic rings. The van der Waals surface area contributed by atoms with Gasteiger partial charge in [-0.2, -0.15) is 0 Å². The number of thiophene rings is 2. The Hall–Kier alpha value is -2.64. The van der Waals surface area contributed by atoms with E-state index in [1.165, 1.54) is 33.8 Å². The van der Waals surface area contributed by atoms with Gasteiger partial charge in [0.25, 0.3) is 5.91 Å². The van der Waals surface area contributed by atoms with E-state index in [4.69, 9.17) is 4.42 Å².